The van der Waals surface area contributed by atoms with Crippen LogP contribution in [0.5, 0.6) is 0 Å². The van der Waals surface area contributed by atoms with Gasteiger partial charge in [-0.2, -0.15) is 0 Å². The zero-order chi connectivity index (χ0) is 13.0. The van der Waals surface area contributed by atoms with Gasteiger partial charge >= 0.3 is 0 Å². The van der Waals surface area contributed by atoms with Crippen molar-refractivity contribution in [2.75, 3.05) is 6.54 Å². The Balaban J connectivity index is 2.06. The van der Waals surface area contributed by atoms with Crippen molar-refractivity contribution in [3.8, 4) is 0 Å². The van der Waals surface area contributed by atoms with E-state index in [2.05, 4.69) is 31.6 Å². The van der Waals surface area contributed by atoms with E-state index in [0.29, 0.717) is 13.1 Å². The van der Waals surface area contributed by atoms with E-state index < -0.39 is 0 Å². The summed E-state index contributed by atoms with van der Waals surface area (Å²) in [7, 11) is 0. The first kappa shape index (κ1) is 13.2. The van der Waals surface area contributed by atoms with E-state index >= 15 is 0 Å². The number of aromatic nitrogens is 3. The van der Waals surface area contributed by atoms with Crippen molar-refractivity contribution >= 4 is 15.9 Å². The highest BCUT2D eigenvalue weighted by atomic mass is 79.9. The van der Waals surface area contributed by atoms with Gasteiger partial charge in [0.2, 0.25) is 0 Å². The van der Waals surface area contributed by atoms with Gasteiger partial charge in [-0.3, -0.25) is 0 Å². The van der Waals surface area contributed by atoms with Crippen LogP contribution in [0, 0.1) is 5.82 Å². The summed E-state index contributed by atoms with van der Waals surface area (Å²) in [6.45, 7) is 4.22. The second kappa shape index (κ2) is 6.06. The van der Waals surface area contributed by atoms with Crippen LogP contribution in [0.15, 0.2) is 28.9 Å². The van der Waals surface area contributed by atoms with Gasteiger partial charge in [-0.25, -0.2) is 9.07 Å². The van der Waals surface area contributed by atoms with Crippen molar-refractivity contribution in [2.24, 2.45) is 0 Å². The Labute approximate surface area is 113 Å². The highest BCUT2D eigenvalue weighted by molar-refractivity contribution is 9.10. The molecular formula is C12H14BrFN4. The molecule has 0 bridgehead atoms. The molecule has 4 nitrogen and oxygen atoms in total. The third-order valence-electron chi connectivity index (χ3n) is 2.49. The molecule has 0 radical (unpaired) electrons. The van der Waals surface area contributed by atoms with Crippen LogP contribution in [0.25, 0.3) is 0 Å². The molecule has 0 aliphatic carbocycles. The maximum Gasteiger partial charge on any atom is 0.124 e. The quantitative estimate of drug-likeness (QED) is 0.921. The van der Waals surface area contributed by atoms with E-state index in [1.54, 1.807) is 10.7 Å². The van der Waals surface area contributed by atoms with Crippen LogP contribution in [-0.2, 0) is 13.1 Å². The lowest BCUT2D eigenvalue weighted by Crippen LogP contribution is -2.11. The maximum atomic E-state index is 13.0. The summed E-state index contributed by atoms with van der Waals surface area (Å²) in [5, 5.41) is 11.3. The summed E-state index contributed by atoms with van der Waals surface area (Å²) in [5.41, 5.74) is 1.87. The Hall–Kier alpha value is -1.27. The maximum absolute atomic E-state index is 13.0. The van der Waals surface area contributed by atoms with Crippen molar-refractivity contribution in [1.82, 2.24) is 20.3 Å². The predicted molar refractivity (Wildman–Crippen MR) is 70.6 cm³/mol. The van der Waals surface area contributed by atoms with Crippen molar-refractivity contribution < 1.29 is 4.39 Å². The molecular weight excluding hydrogens is 299 g/mol. The summed E-state index contributed by atoms with van der Waals surface area (Å²) in [6, 6.07) is 4.63. The van der Waals surface area contributed by atoms with Gasteiger partial charge in [0.05, 0.1) is 18.4 Å². The molecule has 1 aromatic heterocycles. The number of halogens is 2. The van der Waals surface area contributed by atoms with Gasteiger partial charge in [-0.1, -0.05) is 34.1 Å². The van der Waals surface area contributed by atoms with E-state index in [9.17, 15) is 4.39 Å². The average Bonchev–Trinajstić information content (AvgIpc) is 2.78. The number of benzene rings is 1. The van der Waals surface area contributed by atoms with Crippen molar-refractivity contribution in [2.45, 2.75) is 20.0 Å². The second-order valence-electron chi connectivity index (χ2n) is 3.92. The molecule has 0 saturated heterocycles. The first-order valence-electron chi connectivity index (χ1n) is 5.72. The Morgan fingerprint density at radius 1 is 1.44 bits per heavy atom. The largest absolute Gasteiger partial charge is 0.311 e. The Morgan fingerprint density at radius 3 is 3.00 bits per heavy atom. The van der Waals surface area contributed by atoms with Crippen LogP contribution in [0.2, 0.25) is 0 Å². The molecule has 1 heterocycles. The van der Waals surface area contributed by atoms with Crippen molar-refractivity contribution in [3.05, 3.63) is 45.9 Å². The molecule has 2 aromatic rings. The van der Waals surface area contributed by atoms with E-state index in [1.165, 1.54) is 12.1 Å². The monoisotopic (exact) mass is 312 g/mol. The molecule has 0 amide bonds. The first-order valence-corrected chi connectivity index (χ1v) is 6.52. The van der Waals surface area contributed by atoms with Crippen molar-refractivity contribution in [3.63, 3.8) is 0 Å². The molecule has 0 atom stereocenters. The summed E-state index contributed by atoms with van der Waals surface area (Å²) in [4.78, 5) is 0. The Kier molecular flexibility index (Phi) is 4.43. The third kappa shape index (κ3) is 3.36. The zero-order valence-corrected chi connectivity index (χ0v) is 11.6. The summed E-state index contributed by atoms with van der Waals surface area (Å²) >= 11 is 3.34. The fourth-order valence-corrected chi connectivity index (χ4v) is 2.05. The first-order chi connectivity index (χ1) is 8.69. The summed E-state index contributed by atoms with van der Waals surface area (Å²) in [5.74, 6) is -0.253. The van der Waals surface area contributed by atoms with Gasteiger partial charge in [0.15, 0.2) is 0 Å². The zero-order valence-electron chi connectivity index (χ0n) is 10.0. The molecule has 0 spiro atoms. The molecule has 0 saturated carbocycles. The predicted octanol–water partition coefficient (Wildman–Crippen LogP) is 2.34. The average molecular weight is 313 g/mol. The highest BCUT2D eigenvalue weighted by Gasteiger charge is 2.05. The summed E-state index contributed by atoms with van der Waals surface area (Å²) < 4.78 is 15.4. The molecule has 2 rings (SSSR count). The minimum Gasteiger partial charge on any atom is -0.311 e. The van der Waals surface area contributed by atoms with Crippen LogP contribution >= 0.6 is 15.9 Å². The highest BCUT2D eigenvalue weighted by Crippen LogP contribution is 2.18. The topological polar surface area (TPSA) is 42.7 Å². The molecule has 0 aliphatic rings. The number of rotatable bonds is 5. The van der Waals surface area contributed by atoms with Crippen LogP contribution in [0.3, 0.4) is 0 Å². The van der Waals surface area contributed by atoms with E-state index in [-0.39, 0.29) is 5.82 Å². The fourth-order valence-electron chi connectivity index (χ4n) is 1.57. The van der Waals surface area contributed by atoms with Crippen LogP contribution < -0.4 is 5.32 Å². The third-order valence-corrected chi connectivity index (χ3v) is 3.23. The molecule has 1 N–H and O–H groups in total. The lowest BCUT2D eigenvalue weighted by atomic mass is 10.2. The van der Waals surface area contributed by atoms with Crippen LogP contribution in [0.1, 0.15) is 18.2 Å². The minimum atomic E-state index is -0.253. The molecule has 0 aliphatic heterocycles. The van der Waals surface area contributed by atoms with E-state index in [0.717, 1.165) is 22.3 Å². The molecule has 0 fully saturated rings. The molecule has 6 heteroatoms. The Bertz CT molecular complexity index is 527. The van der Waals surface area contributed by atoms with E-state index in [4.69, 9.17) is 0 Å². The van der Waals surface area contributed by atoms with E-state index in [1.807, 2.05) is 13.1 Å². The van der Waals surface area contributed by atoms with Gasteiger partial charge in [0, 0.05) is 11.0 Å². The van der Waals surface area contributed by atoms with Crippen LogP contribution in [0.4, 0.5) is 4.39 Å². The molecule has 0 unspecified atom stereocenters. The SMILES string of the molecule is CCNCc1cn(Cc2ccc(F)cc2Br)nn1. The summed E-state index contributed by atoms with van der Waals surface area (Å²) in [6.07, 6.45) is 1.89. The molecule has 96 valence electrons. The smallest absolute Gasteiger partial charge is 0.124 e. The van der Waals surface area contributed by atoms with Gasteiger partial charge in [0.1, 0.15) is 5.82 Å². The van der Waals surface area contributed by atoms with Crippen molar-refractivity contribution in [1.29, 1.82) is 0 Å². The lowest BCUT2D eigenvalue weighted by molar-refractivity contribution is 0.619. The van der Waals surface area contributed by atoms with Gasteiger partial charge < -0.3 is 5.32 Å². The molecule has 18 heavy (non-hydrogen) atoms. The normalized spacial score (nSPS) is 10.8. The number of hydrogen-bond acceptors (Lipinski definition) is 3. The number of hydrogen-bond donors (Lipinski definition) is 1. The molecule has 1 aromatic carbocycles. The lowest BCUT2D eigenvalue weighted by Gasteiger charge is -2.03. The number of nitrogens with one attached hydrogen (secondary N) is 1. The standard InChI is InChI=1S/C12H14BrFN4/c1-2-15-6-11-8-18(17-16-11)7-9-3-4-10(14)5-12(9)13/h3-5,8,15H,2,6-7H2,1H3. The Morgan fingerprint density at radius 2 is 2.28 bits per heavy atom. The van der Waals surface area contributed by atoms with Gasteiger partial charge in [-0.05, 0) is 24.2 Å². The minimum absolute atomic E-state index is 0.253. The van der Waals surface area contributed by atoms with Gasteiger partial charge in [0.25, 0.3) is 0 Å². The van der Waals surface area contributed by atoms with Crippen LogP contribution in [-0.4, -0.2) is 21.5 Å². The fraction of sp³-hybridized carbons (Fsp3) is 0.333. The van der Waals surface area contributed by atoms with Gasteiger partial charge in [-0.15, -0.1) is 5.10 Å². The number of nitrogens with zero attached hydrogens (tertiary/aromatic N) is 3. The second-order valence-corrected chi connectivity index (χ2v) is 4.78.